The lowest BCUT2D eigenvalue weighted by Gasteiger charge is -2.15. The van der Waals surface area contributed by atoms with Crippen LogP contribution in [0.1, 0.15) is 41.4 Å². The summed E-state index contributed by atoms with van der Waals surface area (Å²) in [5, 5.41) is 12.4. The molecule has 0 bridgehead atoms. The van der Waals surface area contributed by atoms with Gasteiger partial charge in [0, 0.05) is 0 Å². The lowest BCUT2D eigenvalue weighted by Crippen LogP contribution is -2.41. The van der Waals surface area contributed by atoms with E-state index in [0.717, 1.165) is 5.76 Å². The summed E-state index contributed by atoms with van der Waals surface area (Å²) >= 11 is 1.20. The number of hydrogen-bond acceptors (Lipinski definition) is 5. The number of amides is 1. The van der Waals surface area contributed by atoms with Crippen molar-refractivity contribution in [1.29, 1.82) is 0 Å². The standard InChI is InChI=1S/C16H20N2O4S/c1-8(2)7-11(16(20)21)18-14(19)13-10(4)17-15(23-13)12-6-5-9(3)22-12/h5-6,8,11H,7H2,1-4H3,(H,18,19)(H,20,21)/t11-/m1/s1. The largest absolute Gasteiger partial charge is 0.480 e. The molecule has 0 fully saturated rings. The van der Waals surface area contributed by atoms with Crippen LogP contribution < -0.4 is 5.32 Å². The normalized spacial score (nSPS) is 12.4. The first-order valence-corrected chi connectivity index (χ1v) is 8.17. The third-order valence-electron chi connectivity index (χ3n) is 3.26. The summed E-state index contributed by atoms with van der Waals surface area (Å²) in [5.74, 6) is 0.0904. The first kappa shape index (κ1) is 17.2. The van der Waals surface area contributed by atoms with Crippen LogP contribution in [-0.4, -0.2) is 28.0 Å². The number of rotatable bonds is 6. The van der Waals surface area contributed by atoms with Gasteiger partial charge in [-0.2, -0.15) is 0 Å². The molecule has 2 N–H and O–H groups in total. The molecule has 0 saturated heterocycles. The van der Waals surface area contributed by atoms with E-state index < -0.39 is 17.9 Å². The van der Waals surface area contributed by atoms with Crippen LogP contribution >= 0.6 is 11.3 Å². The maximum atomic E-state index is 12.4. The van der Waals surface area contributed by atoms with Crippen molar-refractivity contribution in [3.05, 3.63) is 28.5 Å². The lowest BCUT2D eigenvalue weighted by molar-refractivity contribution is -0.139. The lowest BCUT2D eigenvalue weighted by atomic mass is 10.0. The van der Waals surface area contributed by atoms with Crippen LogP contribution in [0.5, 0.6) is 0 Å². The van der Waals surface area contributed by atoms with Gasteiger partial charge in [-0.05, 0) is 38.3 Å². The second-order valence-corrected chi connectivity index (χ2v) is 6.84. The number of carboxylic acids is 1. The molecule has 7 heteroatoms. The summed E-state index contributed by atoms with van der Waals surface area (Å²) in [6.07, 6.45) is 0.378. The van der Waals surface area contributed by atoms with E-state index in [9.17, 15) is 14.7 Å². The molecule has 2 rings (SSSR count). The van der Waals surface area contributed by atoms with Crippen molar-refractivity contribution in [3.8, 4) is 10.8 Å². The molecule has 1 amide bonds. The van der Waals surface area contributed by atoms with Crippen molar-refractivity contribution in [2.24, 2.45) is 5.92 Å². The van der Waals surface area contributed by atoms with Crippen LogP contribution in [-0.2, 0) is 4.79 Å². The highest BCUT2D eigenvalue weighted by Gasteiger charge is 2.24. The third kappa shape index (κ3) is 4.19. The number of furan rings is 1. The molecule has 1 atom stereocenters. The molecular formula is C16H20N2O4S. The van der Waals surface area contributed by atoms with E-state index in [1.54, 1.807) is 13.0 Å². The number of thiazole rings is 1. The number of aryl methyl sites for hydroxylation is 2. The third-order valence-corrected chi connectivity index (χ3v) is 4.44. The minimum Gasteiger partial charge on any atom is -0.480 e. The minimum absolute atomic E-state index is 0.167. The molecule has 2 aromatic rings. The molecule has 6 nitrogen and oxygen atoms in total. The molecule has 0 aromatic carbocycles. The van der Waals surface area contributed by atoms with Crippen LogP contribution in [0.3, 0.4) is 0 Å². The summed E-state index contributed by atoms with van der Waals surface area (Å²) < 4.78 is 5.51. The molecule has 0 spiro atoms. The monoisotopic (exact) mass is 336 g/mol. The number of aromatic nitrogens is 1. The second-order valence-electron chi connectivity index (χ2n) is 5.84. The number of aliphatic carboxylic acids is 1. The van der Waals surface area contributed by atoms with Crippen molar-refractivity contribution in [2.75, 3.05) is 0 Å². The average molecular weight is 336 g/mol. The first-order valence-electron chi connectivity index (χ1n) is 7.35. The van der Waals surface area contributed by atoms with Gasteiger partial charge in [-0.25, -0.2) is 9.78 Å². The van der Waals surface area contributed by atoms with Gasteiger partial charge >= 0.3 is 5.97 Å². The fourth-order valence-corrected chi connectivity index (χ4v) is 3.11. The van der Waals surface area contributed by atoms with Crippen LogP contribution in [0.15, 0.2) is 16.5 Å². The molecule has 0 aliphatic rings. The first-order chi connectivity index (χ1) is 10.8. The van der Waals surface area contributed by atoms with Crippen molar-refractivity contribution >= 4 is 23.2 Å². The number of carboxylic acid groups (broad SMARTS) is 1. The van der Waals surface area contributed by atoms with Gasteiger partial charge in [0.2, 0.25) is 0 Å². The zero-order valence-electron chi connectivity index (χ0n) is 13.5. The summed E-state index contributed by atoms with van der Waals surface area (Å²) in [4.78, 5) is 28.4. The zero-order valence-corrected chi connectivity index (χ0v) is 14.4. The molecule has 0 aliphatic carbocycles. The number of carbonyl (C=O) groups excluding carboxylic acids is 1. The zero-order chi connectivity index (χ0) is 17.1. The molecule has 124 valence electrons. The maximum absolute atomic E-state index is 12.4. The Hall–Kier alpha value is -2.15. The van der Waals surface area contributed by atoms with E-state index in [-0.39, 0.29) is 5.92 Å². The predicted octanol–water partition coefficient (Wildman–Crippen LogP) is 3.25. The van der Waals surface area contributed by atoms with Gasteiger partial charge in [0.1, 0.15) is 16.7 Å². The Kier molecular flexibility index (Phi) is 5.20. The van der Waals surface area contributed by atoms with Gasteiger partial charge in [-0.15, -0.1) is 11.3 Å². The molecule has 23 heavy (non-hydrogen) atoms. The van der Waals surface area contributed by atoms with Crippen molar-refractivity contribution in [2.45, 2.75) is 40.2 Å². The Morgan fingerprint density at radius 1 is 1.35 bits per heavy atom. The fourth-order valence-electron chi connectivity index (χ4n) is 2.18. The molecular weight excluding hydrogens is 316 g/mol. The number of carbonyl (C=O) groups is 2. The summed E-state index contributed by atoms with van der Waals surface area (Å²) in [6, 6.07) is 2.72. The van der Waals surface area contributed by atoms with E-state index in [4.69, 9.17) is 4.42 Å². The summed E-state index contributed by atoms with van der Waals surface area (Å²) in [5.41, 5.74) is 0.560. The topological polar surface area (TPSA) is 92.4 Å². The van der Waals surface area contributed by atoms with E-state index in [2.05, 4.69) is 10.3 Å². The minimum atomic E-state index is -1.03. The quantitative estimate of drug-likeness (QED) is 0.845. The van der Waals surface area contributed by atoms with Crippen LogP contribution in [0.2, 0.25) is 0 Å². The Bertz CT molecular complexity index is 717. The molecule has 2 aromatic heterocycles. The highest BCUT2D eigenvalue weighted by atomic mass is 32.1. The highest BCUT2D eigenvalue weighted by molar-refractivity contribution is 7.17. The van der Waals surface area contributed by atoms with Crippen LogP contribution in [0.25, 0.3) is 10.8 Å². The fraction of sp³-hybridized carbons (Fsp3) is 0.438. The smallest absolute Gasteiger partial charge is 0.326 e. The predicted molar refractivity (Wildman–Crippen MR) is 87.6 cm³/mol. The molecule has 2 heterocycles. The average Bonchev–Trinajstić information content (AvgIpc) is 3.03. The van der Waals surface area contributed by atoms with Crippen LogP contribution in [0, 0.1) is 19.8 Å². The summed E-state index contributed by atoms with van der Waals surface area (Å²) in [6.45, 7) is 7.39. The van der Waals surface area contributed by atoms with Crippen molar-refractivity contribution in [3.63, 3.8) is 0 Å². The van der Waals surface area contributed by atoms with E-state index in [1.807, 2.05) is 26.8 Å². The van der Waals surface area contributed by atoms with E-state index >= 15 is 0 Å². The molecule has 0 radical (unpaired) electrons. The summed E-state index contributed by atoms with van der Waals surface area (Å²) in [7, 11) is 0. The van der Waals surface area contributed by atoms with Gasteiger partial charge in [-0.3, -0.25) is 4.79 Å². The number of nitrogens with one attached hydrogen (secondary N) is 1. The highest BCUT2D eigenvalue weighted by Crippen LogP contribution is 2.29. The Morgan fingerprint density at radius 3 is 2.57 bits per heavy atom. The second kappa shape index (κ2) is 6.95. The van der Waals surface area contributed by atoms with E-state index in [1.165, 1.54) is 11.3 Å². The van der Waals surface area contributed by atoms with Gasteiger partial charge < -0.3 is 14.8 Å². The number of hydrogen-bond donors (Lipinski definition) is 2. The molecule has 0 saturated carbocycles. The van der Waals surface area contributed by atoms with Crippen LogP contribution in [0.4, 0.5) is 0 Å². The van der Waals surface area contributed by atoms with Gasteiger partial charge in [0.25, 0.3) is 5.91 Å². The van der Waals surface area contributed by atoms with Gasteiger partial charge in [0.15, 0.2) is 10.8 Å². The van der Waals surface area contributed by atoms with E-state index in [0.29, 0.717) is 27.8 Å². The van der Waals surface area contributed by atoms with Gasteiger partial charge in [0.05, 0.1) is 5.69 Å². The Morgan fingerprint density at radius 2 is 2.04 bits per heavy atom. The van der Waals surface area contributed by atoms with Crippen molar-refractivity contribution < 1.29 is 19.1 Å². The molecule has 0 aliphatic heterocycles. The van der Waals surface area contributed by atoms with Crippen molar-refractivity contribution in [1.82, 2.24) is 10.3 Å². The number of nitrogens with zero attached hydrogens (tertiary/aromatic N) is 1. The maximum Gasteiger partial charge on any atom is 0.326 e. The van der Waals surface area contributed by atoms with Gasteiger partial charge in [-0.1, -0.05) is 13.8 Å². The Balaban J connectivity index is 2.19. The SMILES string of the molecule is Cc1ccc(-c2nc(C)c(C(=O)N[C@H](CC(C)C)C(=O)O)s2)o1. The Labute approximate surface area is 138 Å². The molecule has 0 unspecified atom stereocenters.